The molecule has 1 heterocycles. The highest BCUT2D eigenvalue weighted by Gasteiger charge is 2.45. The molecule has 210 valence electrons. The van der Waals surface area contributed by atoms with Crippen molar-refractivity contribution in [2.45, 2.75) is 94.8 Å². The molecule has 0 bridgehead atoms. The van der Waals surface area contributed by atoms with E-state index < -0.39 is 44.0 Å². The Hall–Kier alpha value is -2.51. The van der Waals surface area contributed by atoms with E-state index in [1.54, 1.807) is 34.6 Å². The maximum atomic E-state index is 14.0. The van der Waals surface area contributed by atoms with E-state index in [9.17, 15) is 22.0 Å². The van der Waals surface area contributed by atoms with Crippen molar-refractivity contribution in [2.24, 2.45) is 0 Å². The SMILES string of the molecule is CC(C)(C)OC(=O)N[C@@H](Cc1cc(F)cc(F)c1)c1nc(C#CC(C)(C)S(=O)(=O)C2CC2)c2c(c1Br)CCC2. The number of halogens is 3. The molecule has 1 aromatic heterocycles. The Morgan fingerprint density at radius 1 is 1.13 bits per heavy atom. The quantitative estimate of drug-likeness (QED) is 0.392. The van der Waals surface area contributed by atoms with Crippen LogP contribution in [-0.2, 0) is 33.8 Å². The van der Waals surface area contributed by atoms with Gasteiger partial charge in [0.05, 0.1) is 17.0 Å². The predicted molar refractivity (Wildman–Crippen MR) is 149 cm³/mol. The molecule has 1 aromatic carbocycles. The number of hydrogen-bond donors (Lipinski definition) is 1. The second-order valence-electron chi connectivity index (χ2n) is 11.7. The largest absolute Gasteiger partial charge is 0.444 e. The van der Waals surface area contributed by atoms with Gasteiger partial charge >= 0.3 is 6.09 Å². The third kappa shape index (κ3) is 6.80. The van der Waals surface area contributed by atoms with Crippen molar-refractivity contribution >= 4 is 31.9 Å². The zero-order chi connectivity index (χ0) is 28.8. The van der Waals surface area contributed by atoms with E-state index in [-0.39, 0.29) is 11.7 Å². The van der Waals surface area contributed by atoms with Gasteiger partial charge in [-0.05, 0) is 124 Å². The minimum absolute atomic E-state index is 0.0345. The number of fused-ring (bicyclic) bond motifs is 1. The average molecular weight is 624 g/mol. The highest BCUT2D eigenvalue weighted by Crippen LogP contribution is 2.38. The Labute approximate surface area is 237 Å². The van der Waals surface area contributed by atoms with Gasteiger partial charge in [-0.15, -0.1) is 0 Å². The average Bonchev–Trinajstić information content (AvgIpc) is 3.54. The number of pyridine rings is 1. The van der Waals surface area contributed by atoms with Crippen LogP contribution in [0.25, 0.3) is 0 Å². The first-order valence-electron chi connectivity index (χ1n) is 13.0. The fourth-order valence-electron chi connectivity index (χ4n) is 4.68. The number of alkyl carbamates (subject to hydrolysis) is 1. The molecule has 4 rings (SSSR count). The van der Waals surface area contributed by atoms with Crippen LogP contribution in [0.1, 0.15) is 88.0 Å². The Morgan fingerprint density at radius 3 is 2.33 bits per heavy atom. The maximum Gasteiger partial charge on any atom is 0.408 e. The normalized spacial score (nSPS) is 16.2. The summed E-state index contributed by atoms with van der Waals surface area (Å²) in [4.78, 5) is 17.6. The van der Waals surface area contributed by atoms with Crippen LogP contribution in [0, 0.1) is 23.5 Å². The molecule has 6 nitrogen and oxygen atoms in total. The molecular formula is C29H33BrF2N2O4S. The lowest BCUT2D eigenvalue weighted by molar-refractivity contribution is 0.0502. The molecule has 1 amide bonds. The number of nitrogens with one attached hydrogen (secondary N) is 1. The van der Waals surface area contributed by atoms with Crippen LogP contribution in [-0.4, -0.2) is 35.1 Å². The third-order valence-electron chi connectivity index (χ3n) is 6.77. The van der Waals surface area contributed by atoms with Crippen molar-refractivity contribution in [2.75, 3.05) is 0 Å². The maximum absolute atomic E-state index is 14.0. The molecule has 0 aliphatic heterocycles. The van der Waals surface area contributed by atoms with E-state index in [0.29, 0.717) is 34.3 Å². The monoisotopic (exact) mass is 622 g/mol. The van der Waals surface area contributed by atoms with Crippen molar-refractivity contribution < 1.29 is 26.7 Å². The van der Waals surface area contributed by atoms with E-state index in [1.165, 1.54) is 12.1 Å². The molecule has 39 heavy (non-hydrogen) atoms. The number of nitrogens with zero attached hydrogens (tertiary/aromatic N) is 1. The number of aromatic nitrogens is 1. The molecule has 1 N–H and O–H groups in total. The number of ether oxygens (including phenoxy) is 1. The van der Waals surface area contributed by atoms with Crippen LogP contribution in [0.15, 0.2) is 22.7 Å². The summed E-state index contributed by atoms with van der Waals surface area (Å²) in [6.45, 7) is 8.42. The molecule has 1 atom stereocenters. The molecule has 10 heteroatoms. The number of sulfone groups is 1. The number of carbonyl (C=O) groups excluding carboxylic acids is 1. The summed E-state index contributed by atoms with van der Waals surface area (Å²) >= 11 is 3.66. The van der Waals surface area contributed by atoms with Gasteiger partial charge in [-0.25, -0.2) is 27.0 Å². The first-order chi connectivity index (χ1) is 18.1. The highest BCUT2D eigenvalue weighted by atomic mass is 79.9. The van der Waals surface area contributed by atoms with E-state index in [2.05, 4.69) is 33.1 Å². The minimum atomic E-state index is -3.42. The lowest BCUT2D eigenvalue weighted by atomic mass is 9.99. The lowest BCUT2D eigenvalue weighted by Gasteiger charge is -2.25. The van der Waals surface area contributed by atoms with Gasteiger partial charge in [0.15, 0.2) is 9.84 Å². The molecule has 0 saturated heterocycles. The summed E-state index contributed by atoms with van der Waals surface area (Å²) in [5.41, 5.74) is 2.35. The molecular weight excluding hydrogens is 590 g/mol. The van der Waals surface area contributed by atoms with Crippen molar-refractivity contribution in [3.63, 3.8) is 0 Å². The molecule has 0 unspecified atom stereocenters. The van der Waals surface area contributed by atoms with Crippen LogP contribution < -0.4 is 5.32 Å². The molecule has 1 saturated carbocycles. The van der Waals surface area contributed by atoms with Crippen LogP contribution in [0.3, 0.4) is 0 Å². The summed E-state index contributed by atoms with van der Waals surface area (Å²) in [6.07, 6.45) is 2.99. The van der Waals surface area contributed by atoms with Crippen molar-refractivity contribution in [3.8, 4) is 11.8 Å². The highest BCUT2D eigenvalue weighted by molar-refractivity contribution is 9.10. The van der Waals surface area contributed by atoms with Gasteiger partial charge < -0.3 is 10.1 Å². The summed E-state index contributed by atoms with van der Waals surface area (Å²) in [5, 5.41) is 2.46. The van der Waals surface area contributed by atoms with E-state index >= 15 is 0 Å². The van der Waals surface area contributed by atoms with Gasteiger partial charge in [0, 0.05) is 10.5 Å². The molecule has 0 spiro atoms. The molecule has 2 aromatic rings. The molecule has 2 aliphatic rings. The third-order valence-corrected chi connectivity index (χ3v) is 10.5. The zero-order valence-electron chi connectivity index (χ0n) is 22.8. The van der Waals surface area contributed by atoms with E-state index in [1.807, 2.05) is 0 Å². The Bertz CT molecular complexity index is 1450. The van der Waals surface area contributed by atoms with E-state index in [4.69, 9.17) is 9.72 Å². The van der Waals surface area contributed by atoms with Crippen molar-refractivity contribution in [1.29, 1.82) is 0 Å². The number of rotatable bonds is 6. The number of hydrogen-bond acceptors (Lipinski definition) is 5. The van der Waals surface area contributed by atoms with Crippen LogP contribution >= 0.6 is 15.9 Å². The predicted octanol–water partition coefficient (Wildman–Crippen LogP) is 6.13. The topological polar surface area (TPSA) is 85.4 Å². The molecule has 2 aliphatic carbocycles. The van der Waals surface area contributed by atoms with Crippen molar-refractivity contribution in [1.82, 2.24) is 10.3 Å². The standard InChI is InChI=1S/C29H33BrF2N2O4S/c1-28(2,3)38-27(35)34-24(15-17-13-18(31)16-19(32)14-17)26-25(30)22-8-6-7-21(22)23(33-26)11-12-29(4,5)39(36,37)20-9-10-20/h13-14,16,20,24H,6-10,15H2,1-5H3,(H,34,35)/t24-/m0/s1. The first kappa shape index (κ1) is 29.5. The fourth-order valence-corrected chi connectivity index (χ4v) is 7.27. The van der Waals surface area contributed by atoms with E-state index in [0.717, 1.165) is 36.5 Å². The van der Waals surface area contributed by atoms with Gasteiger partial charge in [-0.3, -0.25) is 0 Å². The van der Waals surface area contributed by atoms with Gasteiger partial charge in [0.1, 0.15) is 27.7 Å². The lowest BCUT2D eigenvalue weighted by Crippen LogP contribution is -2.36. The summed E-state index contributed by atoms with van der Waals surface area (Å²) in [5.74, 6) is 4.55. The summed E-state index contributed by atoms with van der Waals surface area (Å²) < 4.78 is 58.8. The number of benzene rings is 1. The van der Waals surface area contributed by atoms with Gasteiger partial charge in [0.2, 0.25) is 0 Å². The van der Waals surface area contributed by atoms with Gasteiger partial charge in [0.25, 0.3) is 0 Å². The Morgan fingerprint density at radius 2 is 1.74 bits per heavy atom. The van der Waals surface area contributed by atoms with Gasteiger partial charge in [-0.1, -0.05) is 5.92 Å². The number of amides is 1. The zero-order valence-corrected chi connectivity index (χ0v) is 25.2. The fraction of sp³-hybridized carbons (Fsp3) is 0.517. The molecule has 1 fully saturated rings. The van der Waals surface area contributed by atoms with Crippen molar-refractivity contribution in [3.05, 3.63) is 62.4 Å². The van der Waals surface area contributed by atoms with Crippen LogP contribution in [0.2, 0.25) is 0 Å². The summed E-state index contributed by atoms with van der Waals surface area (Å²) in [6, 6.07) is 2.39. The second kappa shape index (κ2) is 10.8. The second-order valence-corrected chi connectivity index (χ2v) is 15.2. The van der Waals surface area contributed by atoms with Crippen LogP contribution in [0.4, 0.5) is 13.6 Å². The van der Waals surface area contributed by atoms with Crippen LogP contribution in [0.5, 0.6) is 0 Å². The smallest absolute Gasteiger partial charge is 0.408 e. The summed E-state index contributed by atoms with van der Waals surface area (Å²) in [7, 11) is -3.42. The molecule has 0 radical (unpaired) electrons. The first-order valence-corrected chi connectivity index (χ1v) is 15.3. The Balaban J connectivity index is 1.79. The van der Waals surface area contributed by atoms with Gasteiger partial charge in [-0.2, -0.15) is 0 Å². The number of carbonyl (C=O) groups is 1. The Kier molecular flexibility index (Phi) is 8.17. The minimum Gasteiger partial charge on any atom is -0.444 e.